The molecule has 2 rings (SSSR count). The summed E-state index contributed by atoms with van der Waals surface area (Å²) in [5.41, 5.74) is 1.42. The van der Waals surface area contributed by atoms with Crippen molar-refractivity contribution < 1.29 is 4.74 Å². The quantitative estimate of drug-likeness (QED) is 0.390. The summed E-state index contributed by atoms with van der Waals surface area (Å²) in [5.74, 6) is 3.03. The molecular formula is C23H38O. The minimum atomic E-state index is 0.879. The fourth-order valence-corrected chi connectivity index (χ4v) is 4.09. The van der Waals surface area contributed by atoms with Crippen molar-refractivity contribution in [3.8, 4) is 5.75 Å². The third-order valence-electron chi connectivity index (χ3n) is 5.67. The molecule has 0 bridgehead atoms. The standard InChI is InChI=1S/C23H38O/c1-3-5-6-9-21-11-13-22(14-12-21)10-7-19-24-23-17-15-20(8-4-2)16-18-23/h15-18,21-22H,3-14,19H2,1-2H3/t21-,22-. The average molecular weight is 331 g/mol. The van der Waals surface area contributed by atoms with Crippen LogP contribution < -0.4 is 4.74 Å². The Morgan fingerprint density at radius 3 is 2.00 bits per heavy atom. The Bertz CT molecular complexity index is 414. The Labute approximate surface area is 150 Å². The summed E-state index contributed by atoms with van der Waals surface area (Å²) < 4.78 is 5.92. The van der Waals surface area contributed by atoms with Gasteiger partial charge in [-0.3, -0.25) is 0 Å². The fraction of sp³-hybridized carbons (Fsp3) is 0.739. The van der Waals surface area contributed by atoms with Crippen molar-refractivity contribution in [2.75, 3.05) is 6.61 Å². The molecule has 0 aliphatic heterocycles. The molecule has 0 atom stereocenters. The molecule has 24 heavy (non-hydrogen) atoms. The van der Waals surface area contributed by atoms with Crippen molar-refractivity contribution in [2.24, 2.45) is 11.8 Å². The van der Waals surface area contributed by atoms with E-state index in [0.717, 1.165) is 24.2 Å². The zero-order valence-electron chi connectivity index (χ0n) is 16.1. The molecule has 1 fully saturated rings. The highest BCUT2D eigenvalue weighted by molar-refractivity contribution is 5.27. The van der Waals surface area contributed by atoms with Gasteiger partial charge < -0.3 is 4.74 Å². The molecule has 0 unspecified atom stereocenters. The predicted molar refractivity (Wildman–Crippen MR) is 105 cm³/mol. The van der Waals surface area contributed by atoms with Crippen LogP contribution in [0.25, 0.3) is 0 Å². The lowest BCUT2D eigenvalue weighted by atomic mass is 9.78. The first kappa shape index (κ1) is 19.3. The first-order chi connectivity index (χ1) is 11.8. The van der Waals surface area contributed by atoms with E-state index >= 15 is 0 Å². The number of aryl methyl sites for hydroxylation is 1. The second-order valence-electron chi connectivity index (χ2n) is 7.77. The third kappa shape index (κ3) is 7.28. The van der Waals surface area contributed by atoms with E-state index in [1.807, 2.05) is 0 Å². The summed E-state index contributed by atoms with van der Waals surface area (Å²) in [6.45, 7) is 5.41. The highest BCUT2D eigenvalue weighted by atomic mass is 16.5. The smallest absolute Gasteiger partial charge is 0.119 e. The van der Waals surface area contributed by atoms with Crippen LogP contribution in [-0.2, 0) is 6.42 Å². The van der Waals surface area contributed by atoms with Gasteiger partial charge in [-0.15, -0.1) is 0 Å². The fourth-order valence-electron chi connectivity index (χ4n) is 4.09. The van der Waals surface area contributed by atoms with Gasteiger partial charge in [0.05, 0.1) is 6.61 Å². The maximum atomic E-state index is 5.92. The predicted octanol–water partition coefficient (Wildman–Crippen LogP) is 7.18. The van der Waals surface area contributed by atoms with Crippen molar-refractivity contribution in [3.05, 3.63) is 29.8 Å². The minimum absolute atomic E-state index is 0.879. The van der Waals surface area contributed by atoms with Crippen LogP contribution in [0.4, 0.5) is 0 Å². The van der Waals surface area contributed by atoms with E-state index in [2.05, 4.69) is 38.1 Å². The molecule has 1 aromatic carbocycles. The van der Waals surface area contributed by atoms with Gasteiger partial charge >= 0.3 is 0 Å². The molecule has 0 radical (unpaired) electrons. The highest BCUT2D eigenvalue weighted by Gasteiger charge is 2.20. The highest BCUT2D eigenvalue weighted by Crippen LogP contribution is 2.34. The molecule has 1 heteroatoms. The van der Waals surface area contributed by atoms with E-state index in [4.69, 9.17) is 4.74 Å². The number of hydrogen-bond acceptors (Lipinski definition) is 1. The van der Waals surface area contributed by atoms with Gasteiger partial charge in [0.1, 0.15) is 5.75 Å². The van der Waals surface area contributed by atoms with E-state index in [1.54, 1.807) is 0 Å². The number of benzene rings is 1. The minimum Gasteiger partial charge on any atom is -0.494 e. The van der Waals surface area contributed by atoms with Crippen molar-refractivity contribution in [1.82, 2.24) is 0 Å². The van der Waals surface area contributed by atoms with Gasteiger partial charge in [-0.05, 0) is 48.8 Å². The lowest BCUT2D eigenvalue weighted by Gasteiger charge is -2.28. The van der Waals surface area contributed by atoms with E-state index in [0.29, 0.717) is 0 Å². The monoisotopic (exact) mass is 330 g/mol. The second kappa shape index (κ2) is 11.6. The second-order valence-corrected chi connectivity index (χ2v) is 7.77. The van der Waals surface area contributed by atoms with Crippen molar-refractivity contribution in [1.29, 1.82) is 0 Å². The molecule has 0 saturated heterocycles. The third-order valence-corrected chi connectivity index (χ3v) is 5.67. The zero-order valence-corrected chi connectivity index (χ0v) is 16.1. The maximum Gasteiger partial charge on any atom is 0.119 e. The Hall–Kier alpha value is -0.980. The maximum absolute atomic E-state index is 5.92. The first-order valence-corrected chi connectivity index (χ1v) is 10.5. The normalized spacial score (nSPS) is 20.9. The molecule has 136 valence electrons. The van der Waals surface area contributed by atoms with Crippen LogP contribution in [-0.4, -0.2) is 6.61 Å². The van der Waals surface area contributed by atoms with Crippen molar-refractivity contribution in [2.45, 2.75) is 90.9 Å². The molecule has 0 amide bonds. The Kier molecular flexibility index (Phi) is 9.31. The summed E-state index contributed by atoms with van der Waals surface area (Å²) in [6.07, 6.45) is 16.6. The van der Waals surface area contributed by atoms with Crippen LogP contribution in [0.1, 0.15) is 90.0 Å². The molecule has 0 spiro atoms. The van der Waals surface area contributed by atoms with E-state index in [9.17, 15) is 0 Å². The lowest BCUT2D eigenvalue weighted by molar-refractivity contribution is 0.228. The summed E-state index contributed by atoms with van der Waals surface area (Å²) in [7, 11) is 0. The number of ether oxygens (including phenoxy) is 1. The van der Waals surface area contributed by atoms with Gasteiger partial charge in [-0.2, -0.15) is 0 Å². The number of hydrogen-bond donors (Lipinski definition) is 0. The van der Waals surface area contributed by atoms with Gasteiger partial charge in [0.15, 0.2) is 0 Å². The molecule has 1 aromatic rings. The summed E-state index contributed by atoms with van der Waals surface area (Å²) in [6, 6.07) is 8.68. The van der Waals surface area contributed by atoms with Crippen LogP contribution in [0.2, 0.25) is 0 Å². The Morgan fingerprint density at radius 1 is 0.792 bits per heavy atom. The summed E-state index contributed by atoms with van der Waals surface area (Å²) in [5, 5.41) is 0. The van der Waals surface area contributed by atoms with Crippen molar-refractivity contribution in [3.63, 3.8) is 0 Å². The van der Waals surface area contributed by atoms with E-state index in [1.165, 1.54) is 82.6 Å². The lowest BCUT2D eigenvalue weighted by Crippen LogP contribution is -2.15. The molecule has 0 N–H and O–H groups in total. The number of unbranched alkanes of at least 4 members (excludes halogenated alkanes) is 2. The molecule has 0 heterocycles. The zero-order chi connectivity index (χ0) is 17.0. The first-order valence-electron chi connectivity index (χ1n) is 10.5. The summed E-state index contributed by atoms with van der Waals surface area (Å²) in [4.78, 5) is 0. The van der Waals surface area contributed by atoms with Gasteiger partial charge in [-0.1, -0.05) is 83.8 Å². The Balaban J connectivity index is 1.53. The van der Waals surface area contributed by atoms with Crippen LogP contribution in [0.3, 0.4) is 0 Å². The van der Waals surface area contributed by atoms with Gasteiger partial charge in [0.25, 0.3) is 0 Å². The van der Waals surface area contributed by atoms with Crippen LogP contribution in [0.5, 0.6) is 5.75 Å². The molecule has 0 aromatic heterocycles. The van der Waals surface area contributed by atoms with E-state index < -0.39 is 0 Å². The largest absolute Gasteiger partial charge is 0.494 e. The summed E-state index contributed by atoms with van der Waals surface area (Å²) >= 11 is 0. The SMILES string of the molecule is CCCCC[C@H]1CC[C@H](CCCOc2ccc(CCC)cc2)CC1. The van der Waals surface area contributed by atoms with Gasteiger partial charge in [0, 0.05) is 0 Å². The molecular weight excluding hydrogens is 292 g/mol. The van der Waals surface area contributed by atoms with Gasteiger partial charge in [-0.25, -0.2) is 0 Å². The van der Waals surface area contributed by atoms with Crippen LogP contribution in [0, 0.1) is 11.8 Å². The van der Waals surface area contributed by atoms with E-state index in [-0.39, 0.29) is 0 Å². The van der Waals surface area contributed by atoms with Crippen LogP contribution >= 0.6 is 0 Å². The molecule has 1 aliphatic carbocycles. The average Bonchev–Trinajstić information content (AvgIpc) is 2.62. The van der Waals surface area contributed by atoms with Gasteiger partial charge in [0.2, 0.25) is 0 Å². The van der Waals surface area contributed by atoms with Crippen molar-refractivity contribution >= 4 is 0 Å². The Morgan fingerprint density at radius 2 is 1.42 bits per heavy atom. The van der Waals surface area contributed by atoms with Crippen LogP contribution in [0.15, 0.2) is 24.3 Å². The topological polar surface area (TPSA) is 9.23 Å². The molecule has 1 nitrogen and oxygen atoms in total. The number of rotatable bonds is 11. The molecule has 1 saturated carbocycles. The molecule has 1 aliphatic rings.